The number of rotatable bonds is 3. The summed E-state index contributed by atoms with van der Waals surface area (Å²) in [6, 6.07) is 10.7. The van der Waals surface area contributed by atoms with Gasteiger partial charge in [-0.2, -0.15) is 0 Å². The molecule has 0 amide bonds. The molecule has 1 saturated carbocycles. The molecule has 1 aliphatic carbocycles. The van der Waals surface area contributed by atoms with E-state index in [4.69, 9.17) is 5.41 Å². The third kappa shape index (κ3) is 2.65. The molecule has 1 aliphatic rings. The van der Waals surface area contributed by atoms with Crippen molar-refractivity contribution >= 4 is 28.8 Å². The summed E-state index contributed by atoms with van der Waals surface area (Å²) in [5.41, 5.74) is 1.42. The molecule has 0 radical (unpaired) electrons. The number of alkyl halides is 1. The standard InChI is InChI=1S/C14H18IN/c15-14(11-6-2-1-3-7-11)13-9-5-4-8-12(13)10-16/h1-3,6-7,10,12-14,16H,4-5,8-9H2. The Morgan fingerprint density at radius 1 is 1.19 bits per heavy atom. The van der Waals surface area contributed by atoms with Gasteiger partial charge in [0.15, 0.2) is 0 Å². The highest BCUT2D eigenvalue weighted by Crippen LogP contribution is 2.42. The second kappa shape index (κ2) is 5.80. The monoisotopic (exact) mass is 327 g/mol. The first-order chi connectivity index (χ1) is 7.83. The lowest BCUT2D eigenvalue weighted by molar-refractivity contribution is 0.305. The lowest BCUT2D eigenvalue weighted by atomic mass is 9.77. The fourth-order valence-electron chi connectivity index (χ4n) is 2.64. The van der Waals surface area contributed by atoms with Crippen molar-refractivity contribution in [1.82, 2.24) is 0 Å². The van der Waals surface area contributed by atoms with Crippen LogP contribution < -0.4 is 0 Å². The van der Waals surface area contributed by atoms with E-state index in [9.17, 15) is 0 Å². The fraction of sp³-hybridized carbons (Fsp3) is 0.500. The Hall–Kier alpha value is -0.380. The van der Waals surface area contributed by atoms with Gasteiger partial charge in [-0.05, 0) is 36.5 Å². The lowest BCUT2D eigenvalue weighted by Gasteiger charge is -2.32. The summed E-state index contributed by atoms with van der Waals surface area (Å²) in [6.45, 7) is 0. The van der Waals surface area contributed by atoms with Crippen LogP contribution in [0.2, 0.25) is 0 Å². The third-order valence-electron chi connectivity index (χ3n) is 3.58. The lowest BCUT2D eigenvalue weighted by Crippen LogP contribution is -2.24. The maximum absolute atomic E-state index is 7.56. The second-order valence-electron chi connectivity index (χ2n) is 4.59. The van der Waals surface area contributed by atoms with Crippen LogP contribution in [0.3, 0.4) is 0 Å². The van der Waals surface area contributed by atoms with Crippen LogP contribution in [-0.2, 0) is 0 Å². The van der Waals surface area contributed by atoms with Gasteiger partial charge in [-0.25, -0.2) is 0 Å². The van der Waals surface area contributed by atoms with E-state index in [0.29, 0.717) is 15.8 Å². The van der Waals surface area contributed by atoms with Crippen LogP contribution in [0.15, 0.2) is 30.3 Å². The van der Waals surface area contributed by atoms with Crippen LogP contribution >= 0.6 is 22.6 Å². The summed E-state index contributed by atoms with van der Waals surface area (Å²) in [5, 5.41) is 7.56. The Kier molecular flexibility index (Phi) is 4.38. The van der Waals surface area contributed by atoms with Crippen molar-refractivity contribution in [3.05, 3.63) is 35.9 Å². The molecule has 1 aromatic rings. The first-order valence-electron chi connectivity index (χ1n) is 6.02. The molecule has 2 heteroatoms. The molecule has 2 rings (SSSR count). The van der Waals surface area contributed by atoms with Gasteiger partial charge in [0.25, 0.3) is 0 Å². The predicted octanol–water partition coefficient (Wildman–Crippen LogP) is 4.62. The summed E-state index contributed by atoms with van der Waals surface area (Å²) in [4.78, 5) is 0. The predicted molar refractivity (Wildman–Crippen MR) is 77.4 cm³/mol. The molecule has 0 saturated heterocycles. The first kappa shape index (κ1) is 12.1. The minimum Gasteiger partial charge on any atom is -0.313 e. The van der Waals surface area contributed by atoms with E-state index in [1.54, 1.807) is 6.21 Å². The van der Waals surface area contributed by atoms with Crippen molar-refractivity contribution in [2.45, 2.75) is 29.6 Å². The van der Waals surface area contributed by atoms with E-state index in [-0.39, 0.29) is 0 Å². The van der Waals surface area contributed by atoms with Gasteiger partial charge in [0.1, 0.15) is 0 Å². The van der Waals surface area contributed by atoms with Crippen molar-refractivity contribution < 1.29 is 0 Å². The van der Waals surface area contributed by atoms with Gasteiger partial charge in [-0.15, -0.1) is 0 Å². The molecule has 3 unspecified atom stereocenters. The highest BCUT2D eigenvalue weighted by Gasteiger charge is 2.29. The molecule has 1 N–H and O–H groups in total. The Morgan fingerprint density at radius 3 is 2.56 bits per heavy atom. The van der Waals surface area contributed by atoms with Crippen molar-refractivity contribution in [2.24, 2.45) is 11.8 Å². The summed E-state index contributed by atoms with van der Waals surface area (Å²) in [6.07, 6.45) is 6.80. The van der Waals surface area contributed by atoms with Gasteiger partial charge in [-0.1, -0.05) is 65.8 Å². The van der Waals surface area contributed by atoms with E-state index >= 15 is 0 Å². The maximum atomic E-state index is 7.56. The number of hydrogen-bond donors (Lipinski definition) is 1. The second-order valence-corrected chi connectivity index (χ2v) is 5.93. The Balaban J connectivity index is 2.13. The smallest absolute Gasteiger partial charge is 0.0393 e. The van der Waals surface area contributed by atoms with E-state index in [2.05, 4.69) is 52.9 Å². The molecule has 0 spiro atoms. The molecule has 1 nitrogen and oxygen atoms in total. The zero-order chi connectivity index (χ0) is 11.4. The Labute approximate surface area is 111 Å². The van der Waals surface area contributed by atoms with Crippen molar-refractivity contribution in [3.63, 3.8) is 0 Å². The molecule has 0 bridgehead atoms. The molecule has 86 valence electrons. The number of hydrogen-bond acceptors (Lipinski definition) is 1. The van der Waals surface area contributed by atoms with Gasteiger partial charge in [-0.3, -0.25) is 0 Å². The fourth-order valence-corrected chi connectivity index (χ4v) is 3.95. The van der Waals surface area contributed by atoms with E-state index in [1.165, 1.54) is 31.2 Å². The van der Waals surface area contributed by atoms with Gasteiger partial charge in [0.2, 0.25) is 0 Å². The van der Waals surface area contributed by atoms with Crippen LogP contribution in [0.1, 0.15) is 35.2 Å². The molecule has 16 heavy (non-hydrogen) atoms. The number of halogens is 1. The Bertz CT molecular complexity index is 336. The van der Waals surface area contributed by atoms with Gasteiger partial charge >= 0.3 is 0 Å². The zero-order valence-corrected chi connectivity index (χ0v) is 11.6. The molecule has 1 fully saturated rings. The SMILES string of the molecule is N=CC1CCCCC1C(I)c1ccccc1. The number of benzene rings is 1. The van der Waals surface area contributed by atoms with Crippen LogP contribution in [-0.4, -0.2) is 6.21 Å². The topological polar surface area (TPSA) is 23.9 Å². The average molecular weight is 327 g/mol. The van der Waals surface area contributed by atoms with Crippen molar-refractivity contribution in [2.75, 3.05) is 0 Å². The molecule has 0 aliphatic heterocycles. The molecular weight excluding hydrogens is 309 g/mol. The molecule has 0 heterocycles. The number of nitrogens with one attached hydrogen (secondary N) is 1. The quantitative estimate of drug-likeness (QED) is 0.476. The minimum atomic E-state index is 0.496. The highest BCUT2D eigenvalue weighted by molar-refractivity contribution is 14.1. The van der Waals surface area contributed by atoms with E-state index in [0.717, 1.165) is 0 Å². The summed E-state index contributed by atoms with van der Waals surface area (Å²) >= 11 is 2.56. The molecular formula is C14H18IN. The van der Waals surface area contributed by atoms with Crippen molar-refractivity contribution in [3.8, 4) is 0 Å². The average Bonchev–Trinajstić information content (AvgIpc) is 2.39. The summed E-state index contributed by atoms with van der Waals surface area (Å²) in [5.74, 6) is 1.16. The molecule has 0 aromatic heterocycles. The molecule has 3 atom stereocenters. The van der Waals surface area contributed by atoms with Crippen LogP contribution in [0.5, 0.6) is 0 Å². The summed E-state index contributed by atoms with van der Waals surface area (Å²) in [7, 11) is 0. The normalized spacial score (nSPS) is 27.3. The van der Waals surface area contributed by atoms with Crippen molar-refractivity contribution in [1.29, 1.82) is 5.41 Å². The minimum absolute atomic E-state index is 0.496. The van der Waals surface area contributed by atoms with Crippen LogP contribution in [0, 0.1) is 17.2 Å². The van der Waals surface area contributed by atoms with Gasteiger partial charge in [0.05, 0.1) is 0 Å². The van der Waals surface area contributed by atoms with Crippen LogP contribution in [0.4, 0.5) is 0 Å². The third-order valence-corrected chi connectivity index (χ3v) is 5.23. The van der Waals surface area contributed by atoms with E-state index in [1.807, 2.05) is 0 Å². The van der Waals surface area contributed by atoms with Gasteiger partial charge < -0.3 is 5.41 Å². The van der Waals surface area contributed by atoms with Gasteiger partial charge in [0, 0.05) is 3.92 Å². The van der Waals surface area contributed by atoms with Crippen LogP contribution in [0.25, 0.3) is 0 Å². The summed E-state index contributed by atoms with van der Waals surface area (Å²) < 4.78 is 0.561. The highest BCUT2D eigenvalue weighted by atomic mass is 127. The first-order valence-corrected chi connectivity index (χ1v) is 7.27. The van der Waals surface area contributed by atoms with E-state index < -0.39 is 0 Å². The molecule has 1 aromatic carbocycles. The largest absolute Gasteiger partial charge is 0.313 e. The maximum Gasteiger partial charge on any atom is 0.0393 e. The Morgan fingerprint density at radius 2 is 1.88 bits per heavy atom. The zero-order valence-electron chi connectivity index (χ0n) is 9.40.